The van der Waals surface area contributed by atoms with Crippen LogP contribution in [0.25, 0.3) is 0 Å². The molecule has 1 aliphatic heterocycles. The number of carbonyl (C=O) groups is 1. The van der Waals surface area contributed by atoms with E-state index in [9.17, 15) is 4.79 Å². The Morgan fingerprint density at radius 1 is 0.963 bits per heavy atom. The van der Waals surface area contributed by atoms with Crippen molar-refractivity contribution in [2.75, 3.05) is 13.1 Å². The van der Waals surface area contributed by atoms with E-state index in [0.29, 0.717) is 11.5 Å². The summed E-state index contributed by atoms with van der Waals surface area (Å²) in [7, 11) is 0. The predicted octanol–water partition coefficient (Wildman–Crippen LogP) is 5.18. The van der Waals surface area contributed by atoms with Crippen LogP contribution in [0.3, 0.4) is 0 Å². The van der Waals surface area contributed by atoms with Crippen LogP contribution in [0.5, 0.6) is 0 Å². The minimum Gasteiger partial charge on any atom is -0.478 e. The summed E-state index contributed by atoms with van der Waals surface area (Å²) in [5.74, 6) is 1.51. The van der Waals surface area contributed by atoms with Crippen LogP contribution < -0.4 is 0 Å². The number of rotatable bonds is 7. The van der Waals surface area contributed by atoms with Crippen LogP contribution in [-0.2, 0) is 6.54 Å². The maximum absolute atomic E-state index is 11.0. The lowest BCUT2D eigenvalue weighted by atomic mass is 9.90. The average molecular weight is 364 g/mol. The van der Waals surface area contributed by atoms with Crippen LogP contribution in [0, 0.1) is 11.8 Å². The fourth-order valence-corrected chi connectivity index (χ4v) is 4.57. The highest BCUT2D eigenvalue weighted by molar-refractivity contribution is 5.87. The number of hydrogen-bond donors (Lipinski definition) is 1. The minimum atomic E-state index is -0.840. The van der Waals surface area contributed by atoms with Crippen molar-refractivity contribution in [1.82, 2.24) is 4.90 Å². The highest BCUT2D eigenvalue weighted by Crippen LogP contribution is 2.50. The van der Waals surface area contributed by atoms with Gasteiger partial charge in [0.15, 0.2) is 0 Å². The standard InChI is InChI=1S/C24H29NO2/c26-24(27)21-10-8-20(9-11-21)23-16-22(23)7-6-18-12-14-25(15-13-18)17-19-4-2-1-3-5-19/h1-5,8-11,18,22-23H,6-7,12-17H2,(H,26,27)/t22-,23+/m0/s1. The monoisotopic (exact) mass is 363 g/mol. The molecule has 0 amide bonds. The Bertz CT molecular complexity index is 748. The quantitative estimate of drug-likeness (QED) is 0.737. The van der Waals surface area contributed by atoms with E-state index in [-0.39, 0.29) is 0 Å². The molecule has 2 aliphatic rings. The Morgan fingerprint density at radius 2 is 1.67 bits per heavy atom. The normalized spacial score (nSPS) is 23.3. The third kappa shape index (κ3) is 4.78. The average Bonchev–Trinajstić information content (AvgIpc) is 3.48. The molecule has 1 aliphatic carbocycles. The molecular formula is C24H29NO2. The molecule has 0 unspecified atom stereocenters. The Hall–Kier alpha value is -2.13. The van der Waals surface area contributed by atoms with Crippen molar-refractivity contribution in [1.29, 1.82) is 0 Å². The highest BCUT2D eigenvalue weighted by Gasteiger charge is 2.38. The zero-order valence-corrected chi connectivity index (χ0v) is 15.9. The van der Waals surface area contributed by atoms with Gasteiger partial charge in [-0.15, -0.1) is 0 Å². The van der Waals surface area contributed by atoms with Crippen LogP contribution in [-0.4, -0.2) is 29.1 Å². The minimum absolute atomic E-state index is 0.387. The molecule has 1 N–H and O–H groups in total. The molecule has 2 aromatic rings. The van der Waals surface area contributed by atoms with Gasteiger partial charge in [-0.2, -0.15) is 0 Å². The number of benzene rings is 2. The Kier molecular flexibility index (Phi) is 5.58. The molecule has 3 nitrogen and oxygen atoms in total. The van der Waals surface area contributed by atoms with Gasteiger partial charge in [0.25, 0.3) is 0 Å². The smallest absolute Gasteiger partial charge is 0.335 e. The SMILES string of the molecule is O=C(O)c1ccc([C@H]2C[C@@H]2CCC2CCN(Cc3ccccc3)CC2)cc1. The summed E-state index contributed by atoms with van der Waals surface area (Å²) in [6.45, 7) is 3.54. The van der Waals surface area contributed by atoms with Gasteiger partial charge in [0, 0.05) is 6.54 Å². The molecule has 0 bridgehead atoms. The molecule has 142 valence electrons. The maximum Gasteiger partial charge on any atom is 0.335 e. The second-order valence-corrected chi connectivity index (χ2v) is 8.31. The van der Waals surface area contributed by atoms with Crippen molar-refractivity contribution in [3.8, 4) is 0 Å². The van der Waals surface area contributed by atoms with E-state index in [1.165, 1.54) is 56.3 Å². The van der Waals surface area contributed by atoms with Gasteiger partial charge in [0.2, 0.25) is 0 Å². The first-order valence-electron chi connectivity index (χ1n) is 10.3. The Morgan fingerprint density at radius 3 is 2.33 bits per heavy atom. The van der Waals surface area contributed by atoms with Crippen molar-refractivity contribution < 1.29 is 9.90 Å². The van der Waals surface area contributed by atoms with Gasteiger partial charge in [0.1, 0.15) is 0 Å². The highest BCUT2D eigenvalue weighted by atomic mass is 16.4. The van der Waals surface area contributed by atoms with Gasteiger partial charge < -0.3 is 5.11 Å². The summed E-state index contributed by atoms with van der Waals surface area (Å²) in [5, 5.41) is 9.01. The molecule has 3 heteroatoms. The van der Waals surface area contributed by atoms with E-state index in [2.05, 4.69) is 35.2 Å². The molecule has 2 fully saturated rings. The van der Waals surface area contributed by atoms with Gasteiger partial charge >= 0.3 is 5.97 Å². The van der Waals surface area contributed by atoms with Gasteiger partial charge in [-0.05, 0) is 79.8 Å². The van der Waals surface area contributed by atoms with E-state index in [1.54, 1.807) is 12.1 Å². The summed E-state index contributed by atoms with van der Waals surface area (Å²) >= 11 is 0. The van der Waals surface area contributed by atoms with E-state index < -0.39 is 5.97 Å². The predicted molar refractivity (Wildman–Crippen MR) is 108 cm³/mol. The molecule has 0 radical (unpaired) electrons. The molecule has 27 heavy (non-hydrogen) atoms. The van der Waals surface area contributed by atoms with Gasteiger partial charge in [0.05, 0.1) is 5.56 Å². The number of carboxylic acid groups (broad SMARTS) is 1. The molecule has 2 aromatic carbocycles. The zero-order valence-electron chi connectivity index (χ0n) is 15.9. The third-order valence-electron chi connectivity index (χ3n) is 6.41. The number of likely N-dealkylation sites (tertiary alicyclic amines) is 1. The maximum atomic E-state index is 11.0. The molecule has 2 atom stereocenters. The van der Waals surface area contributed by atoms with Gasteiger partial charge in [-0.1, -0.05) is 48.9 Å². The lowest BCUT2D eigenvalue weighted by molar-refractivity contribution is 0.0697. The molecular weight excluding hydrogens is 334 g/mol. The zero-order chi connectivity index (χ0) is 18.6. The van der Waals surface area contributed by atoms with Crippen molar-refractivity contribution in [3.05, 3.63) is 71.3 Å². The van der Waals surface area contributed by atoms with Crippen molar-refractivity contribution in [2.45, 2.75) is 44.6 Å². The number of nitrogens with zero attached hydrogens (tertiary/aromatic N) is 1. The number of aromatic carboxylic acids is 1. The third-order valence-corrected chi connectivity index (χ3v) is 6.41. The van der Waals surface area contributed by atoms with Crippen LogP contribution in [0.1, 0.15) is 59.5 Å². The number of hydrogen-bond acceptors (Lipinski definition) is 2. The van der Waals surface area contributed by atoms with Crippen molar-refractivity contribution in [2.24, 2.45) is 11.8 Å². The molecule has 0 aromatic heterocycles. The van der Waals surface area contributed by atoms with Gasteiger partial charge in [-0.3, -0.25) is 4.90 Å². The molecule has 1 saturated carbocycles. The first-order valence-corrected chi connectivity index (χ1v) is 10.3. The molecule has 1 saturated heterocycles. The number of piperidine rings is 1. The molecule has 1 heterocycles. The largest absolute Gasteiger partial charge is 0.478 e. The van der Waals surface area contributed by atoms with Crippen LogP contribution >= 0.6 is 0 Å². The second kappa shape index (κ2) is 8.26. The summed E-state index contributed by atoms with van der Waals surface area (Å²) < 4.78 is 0. The molecule has 0 spiro atoms. The van der Waals surface area contributed by atoms with Crippen LogP contribution in [0.15, 0.2) is 54.6 Å². The Balaban J connectivity index is 1.17. The lowest BCUT2D eigenvalue weighted by Crippen LogP contribution is -2.33. The summed E-state index contributed by atoms with van der Waals surface area (Å²) in [6, 6.07) is 18.3. The first-order chi connectivity index (χ1) is 13.2. The van der Waals surface area contributed by atoms with E-state index in [1.807, 2.05) is 12.1 Å². The van der Waals surface area contributed by atoms with Crippen LogP contribution in [0.2, 0.25) is 0 Å². The fraction of sp³-hybridized carbons (Fsp3) is 0.458. The van der Waals surface area contributed by atoms with E-state index in [0.717, 1.165) is 18.4 Å². The molecule has 4 rings (SSSR count). The van der Waals surface area contributed by atoms with Crippen molar-refractivity contribution in [3.63, 3.8) is 0 Å². The summed E-state index contributed by atoms with van der Waals surface area (Å²) in [6.07, 6.45) is 6.62. The Labute approximate surface area is 162 Å². The van der Waals surface area contributed by atoms with Gasteiger partial charge in [-0.25, -0.2) is 4.79 Å². The summed E-state index contributed by atoms with van der Waals surface area (Å²) in [4.78, 5) is 13.6. The second-order valence-electron chi connectivity index (χ2n) is 8.31. The van der Waals surface area contributed by atoms with Crippen LogP contribution in [0.4, 0.5) is 0 Å². The van der Waals surface area contributed by atoms with E-state index >= 15 is 0 Å². The number of carboxylic acids is 1. The fourth-order valence-electron chi connectivity index (χ4n) is 4.57. The van der Waals surface area contributed by atoms with Crippen molar-refractivity contribution >= 4 is 5.97 Å². The summed E-state index contributed by atoms with van der Waals surface area (Å²) in [5.41, 5.74) is 3.13. The lowest BCUT2D eigenvalue weighted by Gasteiger charge is -2.32. The topological polar surface area (TPSA) is 40.5 Å². The van der Waals surface area contributed by atoms with E-state index in [4.69, 9.17) is 5.11 Å². The first kappa shape index (κ1) is 18.2.